The summed E-state index contributed by atoms with van der Waals surface area (Å²) in [5, 5.41) is 0. The van der Waals surface area contributed by atoms with Crippen molar-refractivity contribution < 1.29 is 22.2 Å². The second-order valence-corrected chi connectivity index (χ2v) is 7.11. The molecule has 0 atom stereocenters. The first-order valence-electron chi connectivity index (χ1n) is 6.46. The molecule has 6 heteroatoms. The van der Waals surface area contributed by atoms with E-state index in [1.807, 2.05) is 6.92 Å². The van der Waals surface area contributed by atoms with Crippen molar-refractivity contribution in [3.8, 4) is 0 Å². The average molecular weight is 299 g/mol. The first-order valence-corrected chi connectivity index (χ1v) is 7.87. The van der Waals surface area contributed by atoms with Crippen LogP contribution in [0.4, 0.5) is 0 Å². The third-order valence-corrected chi connectivity index (χ3v) is 3.98. The van der Waals surface area contributed by atoms with Crippen LogP contribution in [0.3, 0.4) is 0 Å². The number of hydrogen-bond donors (Lipinski definition) is 0. The Morgan fingerprint density at radius 2 is 1.70 bits per heavy atom. The number of nitrogens with zero attached hydrogens (tertiary/aromatic N) is 1. The fourth-order valence-electron chi connectivity index (χ4n) is 2.04. The van der Waals surface area contributed by atoms with Crippen LogP contribution in [0.1, 0.15) is 18.4 Å². The summed E-state index contributed by atoms with van der Waals surface area (Å²) in [7, 11) is -0.0532. The number of piperidine rings is 1. The molecule has 0 unspecified atom stereocenters. The Kier molecular flexibility index (Phi) is 5.44. The van der Waals surface area contributed by atoms with E-state index in [2.05, 4.69) is 14.1 Å². The van der Waals surface area contributed by atoms with Crippen LogP contribution in [0.2, 0.25) is 0 Å². The van der Waals surface area contributed by atoms with E-state index in [1.54, 1.807) is 12.1 Å². The number of likely N-dealkylation sites (tertiary alicyclic amines) is 1. The van der Waals surface area contributed by atoms with Crippen LogP contribution in [0.25, 0.3) is 0 Å². The zero-order valence-electron chi connectivity index (χ0n) is 12.1. The Morgan fingerprint density at radius 1 is 1.15 bits per heavy atom. The Morgan fingerprint density at radius 3 is 2.05 bits per heavy atom. The maximum atomic E-state index is 10.9. The number of rotatable bonds is 1. The third kappa shape index (κ3) is 5.81. The van der Waals surface area contributed by atoms with Crippen LogP contribution in [-0.4, -0.2) is 50.4 Å². The van der Waals surface area contributed by atoms with Gasteiger partial charge in [-0.15, -0.1) is 0 Å². The van der Waals surface area contributed by atoms with Crippen molar-refractivity contribution in [3.63, 3.8) is 0 Å². The minimum atomic E-state index is -4.27. The fourth-order valence-corrected chi connectivity index (χ4v) is 2.51. The Hall–Kier alpha value is -1.24. The van der Waals surface area contributed by atoms with Gasteiger partial charge in [0, 0.05) is 12.8 Å². The van der Waals surface area contributed by atoms with Gasteiger partial charge in [0.15, 0.2) is 5.78 Å². The maximum Gasteiger partial charge on any atom is 0.187 e. The van der Waals surface area contributed by atoms with Gasteiger partial charge in [-0.25, -0.2) is 8.42 Å². The van der Waals surface area contributed by atoms with Crippen molar-refractivity contribution in [3.05, 3.63) is 29.8 Å². The molecule has 5 nitrogen and oxygen atoms in total. The summed E-state index contributed by atoms with van der Waals surface area (Å²) in [5.41, 5.74) is 0.928. The number of aryl methyl sites for hydroxylation is 1. The number of quaternary nitrogens is 1. The highest BCUT2D eigenvalue weighted by molar-refractivity contribution is 7.85. The second kappa shape index (κ2) is 6.47. The highest BCUT2D eigenvalue weighted by atomic mass is 32.2. The summed E-state index contributed by atoms with van der Waals surface area (Å²) >= 11 is 0. The number of Topliss-reactive ketones (excluding diaryl/α,β-unsaturated/α-hetero) is 1. The van der Waals surface area contributed by atoms with Crippen LogP contribution in [0.5, 0.6) is 0 Å². The first kappa shape index (κ1) is 16.8. The highest BCUT2D eigenvalue weighted by Crippen LogP contribution is 2.09. The molecule has 1 aliphatic heterocycles. The minimum absolute atomic E-state index is 0.178. The second-order valence-electron chi connectivity index (χ2n) is 5.73. The van der Waals surface area contributed by atoms with Crippen LogP contribution in [-0.2, 0) is 14.9 Å². The summed E-state index contributed by atoms with van der Waals surface area (Å²) < 4.78 is 32.1. The lowest BCUT2D eigenvalue weighted by Crippen LogP contribution is -2.47. The van der Waals surface area contributed by atoms with Crippen molar-refractivity contribution in [2.75, 3.05) is 27.2 Å². The van der Waals surface area contributed by atoms with Crippen LogP contribution in [0.15, 0.2) is 29.2 Å². The molecule has 1 saturated heterocycles. The molecule has 1 heterocycles. The monoisotopic (exact) mass is 299 g/mol. The molecule has 1 aromatic rings. The molecule has 1 fully saturated rings. The van der Waals surface area contributed by atoms with Crippen LogP contribution in [0, 0.1) is 6.92 Å². The van der Waals surface area contributed by atoms with E-state index in [0.29, 0.717) is 5.78 Å². The zero-order valence-corrected chi connectivity index (χ0v) is 12.9. The van der Waals surface area contributed by atoms with Crippen molar-refractivity contribution >= 4 is 15.9 Å². The molecule has 1 aromatic carbocycles. The number of carbonyl (C=O) groups excluding carboxylic acids is 1. The van der Waals surface area contributed by atoms with Crippen LogP contribution < -0.4 is 0 Å². The molecule has 0 aliphatic carbocycles. The molecule has 0 amide bonds. The smallest absolute Gasteiger partial charge is 0.187 e. The fraction of sp³-hybridized carbons (Fsp3) is 0.500. The van der Waals surface area contributed by atoms with Gasteiger partial charge in [-0.3, -0.25) is 4.79 Å². The molecule has 20 heavy (non-hydrogen) atoms. The van der Waals surface area contributed by atoms with E-state index in [0.717, 1.165) is 36.0 Å². The Bertz CT molecular complexity index is 561. The van der Waals surface area contributed by atoms with Gasteiger partial charge in [0.2, 0.25) is 0 Å². The molecule has 0 bridgehead atoms. The Balaban J connectivity index is 0.000000204. The topological polar surface area (TPSA) is 74.3 Å². The third-order valence-electron chi connectivity index (χ3n) is 3.13. The van der Waals surface area contributed by atoms with Crippen molar-refractivity contribution in [2.45, 2.75) is 24.7 Å². The summed E-state index contributed by atoms with van der Waals surface area (Å²) in [4.78, 5) is 10.7. The SMILES string of the molecule is C[N+]1(C)CCCC(=O)C1.Cc1ccc(S(=O)(=O)[O-])cc1. The lowest BCUT2D eigenvalue weighted by Gasteiger charge is -2.32. The summed E-state index contributed by atoms with van der Waals surface area (Å²) in [5.74, 6) is 0.422. The largest absolute Gasteiger partial charge is 0.744 e. The first-order chi connectivity index (χ1) is 9.10. The number of benzene rings is 1. The van der Waals surface area contributed by atoms with E-state index < -0.39 is 10.1 Å². The van der Waals surface area contributed by atoms with Gasteiger partial charge < -0.3 is 9.04 Å². The van der Waals surface area contributed by atoms with Gasteiger partial charge in [-0.2, -0.15) is 0 Å². The molecular formula is C14H21NO4S. The predicted molar refractivity (Wildman–Crippen MR) is 75.2 cm³/mol. The van der Waals surface area contributed by atoms with Gasteiger partial charge in [0.25, 0.3) is 0 Å². The summed E-state index contributed by atoms with van der Waals surface area (Å²) in [6, 6.07) is 5.78. The van der Waals surface area contributed by atoms with Crippen LogP contribution >= 0.6 is 0 Å². The van der Waals surface area contributed by atoms with E-state index in [9.17, 15) is 17.8 Å². The quantitative estimate of drug-likeness (QED) is 0.579. The van der Waals surface area contributed by atoms with E-state index in [1.165, 1.54) is 12.1 Å². The average Bonchev–Trinajstić information content (AvgIpc) is 2.27. The molecule has 0 spiro atoms. The number of hydrogen-bond acceptors (Lipinski definition) is 4. The number of ketones is 1. The Labute approximate surface area is 120 Å². The maximum absolute atomic E-state index is 10.9. The van der Waals surface area contributed by atoms with Gasteiger partial charge in [0.05, 0.1) is 25.5 Å². The van der Waals surface area contributed by atoms with Crippen molar-refractivity contribution in [1.82, 2.24) is 0 Å². The van der Waals surface area contributed by atoms with E-state index in [4.69, 9.17) is 0 Å². The lowest BCUT2D eigenvalue weighted by molar-refractivity contribution is -0.885. The molecule has 0 N–H and O–H groups in total. The van der Waals surface area contributed by atoms with Gasteiger partial charge >= 0.3 is 0 Å². The van der Waals surface area contributed by atoms with Gasteiger partial charge in [0.1, 0.15) is 16.7 Å². The molecule has 0 radical (unpaired) electrons. The molecular weight excluding hydrogens is 278 g/mol. The van der Waals surface area contributed by atoms with E-state index in [-0.39, 0.29) is 4.90 Å². The molecule has 1 aliphatic rings. The normalized spacial score (nSPS) is 18.1. The standard InChI is InChI=1S/C7H14NO.C7H8O3S/c1-8(2)5-3-4-7(9)6-8;1-6-2-4-7(5-3-6)11(8,9)10/h3-6H2,1-2H3;2-5H,1H3,(H,8,9,10)/q+1;/p-1. The van der Waals surface area contributed by atoms with Gasteiger partial charge in [-0.05, 0) is 19.1 Å². The van der Waals surface area contributed by atoms with E-state index >= 15 is 0 Å². The van der Waals surface area contributed by atoms with Crippen molar-refractivity contribution in [1.29, 1.82) is 0 Å². The van der Waals surface area contributed by atoms with Gasteiger partial charge in [-0.1, -0.05) is 17.7 Å². The molecule has 112 valence electrons. The number of likely N-dealkylation sites (N-methyl/N-ethyl adjacent to an activating group) is 1. The highest BCUT2D eigenvalue weighted by Gasteiger charge is 2.24. The zero-order chi connectivity index (χ0) is 15.4. The lowest BCUT2D eigenvalue weighted by atomic mass is 10.1. The summed E-state index contributed by atoms with van der Waals surface area (Å²) in [6.45, 7) is 3.72. The predicted octanol–water partition coefficient (Wildman–Crippen LogP) is 1.32. The number of carbonyl (C=O) groups is 1. The summed E-state index contributed by atoms with van der Waals surface area (Å²) in [6.07, 6.45) is 1.88. The van der Waals surface area contributed by atoms with Crippen molar-refractivity contribution in [2.24, 2.45) is 0 Å². The minimum Gasteiger partial charge on any atom is -0.744 e. The molecule has 0 saturated carbocycles. The molecule has 0 aromatic heterocycles. The molecule has 2 rings (SSSR count).